The zero-order valence-electron chi connectivity index (χ0n) is 14.7. The Kier molecular flexibility index (Phi) is 7.98. The molecule has 2 aromatic rings. The first-order chi connectivity index (χ1) is 12.2. The molecule has 0 aliphatic heterocycles. The molecular weight excluding hydrogens is 334 g/mol. The quantitative estimate of drug-likeness (QED) is 0.292. The topological polar surface area (TPSA) is 65.9 Å². The second-order valence-electron chi connectivity index (χ2n) is 5.25. The van der Waals surface area contributed by atoms with Gasteiger partial charge in [0.2, 0.25) is 0 Å². The summed E-state index contributed by atoms with van der Waals surface area (Å²) in [5, 5.41) is 16.7. The van der Waals surface area contributed by atoms with Gasteiger partial charge in [0.1, 0.15) is 0 Å². The summed E-state index contributed by atoms with van der Waals surface area (Å²) >= 11 is 1.80. The van der Waals surface area contributed by atoms with Gasteiger partial charge in [-0.25, -0.2) is 4.99 Å². The van der Waals surface area contributed by atoms with E-state index in [2.05, 4.69) is 27.8 Å². The van der Waals surface area contributed by atoms with Crippen molar-refractivity contribution in [3.63, 3.8) is 0 Å². The summed E-state index contributed by atoms with van der Waals surface area (Å²) in [6.45, 7) is 3.99. The zero-order chi connectivity index (χ0) is 17.9. The maximum Gasteiger partial charge on any atom is 0.191 e. The smallest absolute Gasteiger partial charge is 0.191 e. The molecule has 2 rings (SSSR count). The Morgan fingerprint density at radius 3 is 2.64 bits per heavy atom. The predicted octanol–water partition coefficient (Wildman–Crippen LogP) is 3.25. The highest BCUT2D eigenvalue weighted by molar-refractivity contribution is 7.99. The van der Waals surface area contributed by atoms with Gasteiger partial charge in [-0.2, -0.15) is 0 Å². The van der Waals surface area contributed by atoms with Crippen LogP contribution >= 0.6 is 11.8 Å². The van der Waals surface area contributed by atoms with Crippen LogP contribution in [0.15, 0.2) is 58.4 Å². The molecule has 0 bridgehead atoms. The molecule has 2 aromatic carbocycles. The van der Waals surface area contributed by atoms with Crippen LogP contribution in [0.2, 0.25) is 0 Å². The number of ether oxygens (including phenoxy) is 1. The SMILES string of the molecule is CCNC(=NCc1cccc(OC)c1O)NCCSc1ccccc1. The molecule has 0 radical (unpaired) electrons. The van der Waals surface area contributed by atoms with E-state index in [9.17, 15) is 5.11 Å². The number of thioether (sulfide) groups is 1. The van der Waals surface area contributed by atoms with Gasteiger partial charge in [-0.1, -0.05) is 30.3 Å². The molecule has 0 saturated heterocycles. The standard InChI is InChI=1S/C19H25N3O2S/c1-3-20-19(21-12-13-25-16-9-5-4-6-10-16)22-14-15-8-7-11-17(24-2)18(15)23/h4-11,23H,3,12-14H2,1-2H3,(H2,20,21,22). The normalized spacial score (nSPS) is 11.2. The lowest BCUT2D eigenvalue weighted by Gasteiger charge is -2.12. The van der Waals surface area contributed by atoms with Gasteiger partial charge in [-0.3, -0.25) is 0 Å². The van der Waals surface area contributed by atoms with Crippen LogP contribution in [0.5, 0.6) is 11.5 Å². The number of aliphatic imine (C=N–C) groups is 1. The number of hydrogen-bond donors (Lipinski definition) is 3. The molecule has 0 aromatic heterocycles. The number of hydrogen-bond acceptors (Lipinski definition) is 4. The number of nitrogens with one attached hydrogen (secondary N) is 2. The summed E-state index contributed by atoms with van der Waals surface area (Å²) in [5.74, 6) is 2.28. The number of para-hydroxylation sites is 1. The molecule has 0 aliphatic carbocycles. The van der Waals surface area contributed by atoms with Crippen molar-refractivity contribution in [3.05, 3.63) is 54.1 Å². The van der Waals surface area contributed by atoms with Crippen molar-refractivity contribution in [2.24, 2.45) is 4.99 Å². The predicted molar refractivity (Wildman–Crippen MR) is 105 cm³/mol. The third-order valence-corrected chi connectivity index (χ3v) is 4.47. The number of methoxy groups -OCH3 is 1. The Labute approximate surface area is 153 Å². The highest BCUT2D eigenvalue weighted by Crippen LogP contribution is 2.29. The molecule has 0 heterocycles. The summed E-state index contributed by atoms with van der Waals surface area (Å²) < 4.78 is 5.13. The fourth-order valence-electron chi connectivity index (χ4n) is 2.22. The second-order valence-corrected chi connectivity index (χ2v) is 6.42. The van der Waals surface area contributed by atoms with Gasteiger partial charge in [0, 0.05) is 29.3 Å². The fourth-order valence-corrected chi connectivity index (χ4v) is 3.01. The highest BCUT2D eigenvalue weighted by Gasteiger charge is 2.07. The number of phenolic OH excluding ortho intramolecular Hbond substituents is 1. The van der Waals surface area contributed by atoms with Crippen LogP contribution in [0, 0.1) is 0 Å². The Morgan fingerprint density at radius 2 is 1.92 bits per heavy atom. The summed E-state index contributed by atoms with van der Waals surface area (Å²) in [6.07, 6.45) is 0. The highest BCUT2D eigenvalue weighted by atomic mass is 32.2. The first-order valence-electron chi connectivity index (χ1n) is 8.29. The molecule has 0 spiro atoms. The molecule has 0 aliphatic rings. The van der Waals surface area contributed by atoms with Gasteiger partial charge in [-0.15, -0.1) is 11.8 Å². The summed E-state index contributed by atoms with van der Waals surface area (Å²) in [5.41, 5.74) is 0.732. The largest absolute Gasteiger partial charge is 0.504 e. The molecule has 134 valence electrons. The number of nitrogens with zero attached hydrogens (tertiary/aromatic N) is 1. The van der Waals surface area contributed by atoms with Crippen molar-refractivity contribution < 1.29 is 9.84 Å². The third kappa shape index (κ3) is 6.23. The molecule has 6 heteroatoms. The summed E-state index contributed by atoms with van der Waals surface area (Å²) in [6, 6.07) is 15.7. The van der Waals surface area contributed by atoms with Crippen molar-refractivity contribution in [3.8, 4) is 11.5 Å². The molecule has 0 fully saturated rings. The number of aromatic hydroxyl groups is 1. The van der Waals surface area contributed by atoms with Gasteiger partial charge in [0.25, 0.3) is 0 Å². The number of rotatable bonds is 8. The van der Waals surface area contributed by atoms with E-state index < -0.39 is 0 Å². The molecule has 0 saturated carbocycles. The van der Waals surface area contributed by atoms with Crippen LogP contribution in [-0.4, -0.2) is 37.0 Å². The van der Waals surface area contributed by atoms with Crippen LogP contribution in [0.3, 0.4) is 0 Å². The molecule has 0 atom stereocenters. The van der Waals surface area contributed by atoms with Crippen molar-refractivity contribution in [1.82, 2.24) is 10.6 Å². The van der Waals surface area contributed by atoms with Gasteiger partial charge in [0.05, 0.1) is 13.7 Å². The third-order valence-electron chi connectivity index (χ3n) is 3.46. The zero-order valence-corrected chi connectivity index (χ0v) is 15.5. The van der Waals surface area contributed by atoms with Crippen LogP contribution in [-0.2, 0) is 6.54 Å². The van der Waals surface area contributed by atoms with Gasteiger partial charge in [-0.05, 0) is 25.1 Å². The Morgan fingerprint density at radius 1 is 1.12 bits per heavy atom. The van der Waals surface area contributed by atoms with E-state index in [1.54, 1.807) is 17.8 Å². The van der Waals surface area contributed by atoms with E-state index >= 15 is 0 Å². The van der Waals surface area contributed by atoms with Gasteiger partial charge >= 0.3 is 0 Å². The maximum absolute atomic E-state index is 10.1. The lowest BCUT2D eigenvalue weighted by Crippen LogP contribution is -2.38. The van der Waals surface area contributed by atoms with Crippen LogP contribution < -0.4 is 15.4 Å². The molecule has 3 N–H and O–H groups in total. The molecule has 0 amide bonds. The average Bonchev–Trinajstić information content (AvgIpc) is 2.65. The van der Waals surface area contributed by atoms with E-state index in [-0.39, 0.29) is 5.75 Å². The van der Waals surface area contributed by atoms with Crippen molar-refractivity contribution in [2.45, 2.75) is 18.4 Å². The monoisotopic (exact) mass is 359 g/mol. The van der Waals surface area contributed by atoms with Crippen molar-refractivity contribution in [2.75, 3.05) is 26.0 Å². The molecule has 0 unspecified atom stereocenters. The van der Waals surface area contributed by atoms with E-state index in [1.807, 2.05) is 37.3 Å². The Balaban J connectivity index is 1.87. The first-order valence-corrected chi connectivity index (χ1v) is 9.28. The minimum atomic E-state index is 0.143. The van der Waals surface area contributed by atoms with Crippen LogP contribution in [0.4, 0.5) is 0 Å². The van der Waals surface area contributed by atoms with E-state index in [1.165, 1.54) is 12.0 Å². The Hall–Kier alpha value is -2.34. The van der Waals surface area contributed by atoms with E-state index in [0.717, 1.165) is 30.4 Å². The number of guanidine groups is 1. The van der Waals surface area contributed by atoms with Crippen molar-refractivity contribution in [1.29, 1.82) is 0 Å². The van der Waals surface area contributed by atoms with Gasteiger partial charge in [0.15, 0.2) is 17.5 Å². The first kappa shape index (κ1) is 19.0. The lowest BCUT2D eigenvalue weighted by molar-refractivity contribution is 0.370. The number of benzene rings is 2. The van der Waals surface area contributed by atoms with Crippen molar-refractivity contribution >= 4 is 17.7 Å². The fraction of sp³-hybridized carbons (Fsp3) is 0.316. The minimum absolute atomic E-state index is 0.143. The number of phenols is 1. The summed E-state index contributed by atoms with van der Waals surface area (Å²) in [4.78, 5) is 5.79. The van der Waals surface area contributed by atoms with Crippen LogP contribution in [0.25, 0.3) is 0 Å². The summed E-state index contributed by atoms with van der Waals surface area (Å²) in [7, 11) is 1.54. The van der Waals surface area contributed by atoms with Gasteiger partial charge < -0.3 is 20.5 Å². The van der Waals surface area contributed by atoms with Crippen LogP contribution in [0.1, 0.15) is 12.5 Å². The molecule has 5 nitrogen and oxygen atoms in total. The minimum Gasteiger partial charge on any atom is -0.504 e. The average molecular weight is 359 g/mol. The van der Waals surface area contributed by atoms with E-state index in [0.29, 0.717) is 12.3 Å². The molecule has 25 heavy (non-hydrogen) atoms. The Bertz CT molecular complexity index is 678. The maximum atomic E-state index is 10.1. The van der Waals surface area contributed by atoms with E-state index in [4.69, 9.17) is 4.74 Å². The lowest BCUT2D eigenvalue weighted by atomic mass is 10.2. The second kappa shape index (κ2) is 10.5. The molecular formula is C19H25N3O2S.